The molecule has 2 aromatic heterocycles. The van der Waals surface area contributed by atoms with Gasteiger partial charge < -0.3 is 9.88 Å². The molecule has 1 amide bonds. The molecule has 0 aliphatic heterocycles. The third kappa shape index (κ3) is 3.70. The van der Waals surface area contributed by atoms with E-state index in [1.165, 1.54) is 0 Å². The summed E-state index contributed by atoms with van der Waals surface area (Å²) in [6.07, 6.45) is 2.70. The molecule has 0 saturated carbocycles. The SMILES string of the molecule is Cc1nc(CCNC(=O)c2cc(Br)cn2C(C)C)cs1. The molecule has 0 spiro atoms. The summed E-state index contributed by atoms with van der Waals surface area (Å²) in [4.78, 5) is 16.6. The minimum atomic E-state index is -0.0450. The maximum Gasteiger partial charge on any atom is 0.267 e. The Balaban J connectivity index is 1.95. The zero-order valence-electron chi connectivity index (χ0n) is 11.8. The molecule has 0 unspecified atom stereocenters. The van der Waals surface area contributed by atoms with E-state index in [9.17, 15) is 4.79 Å². The Labute approximate surface area is 131 Å². The van der Waals surface area contributed by atoms with E-state index in [1.807, 2.05) is 29.1 Å². The predicted octanol–water partition coefficient (Wildman–Crippen LogP) is 3.57. The van der Waals surface area contributed by atoms with Gasteiger partial charge in [0.2, 0.25) is 0 Å². The molecular weight excluding hydrogens is 338 g/mol. The Morgan fingerprint density at radius 3 is 2.90 bits per heavy atom. The minimum absolute atomic E-state index is 0.0450. The van der Waals surface area contributed by atoms with Crippen molar-refractivity contribution in [1.82, 2.24) is 14.9 Å². The first-order valence-electron chi connectivity index (χ1n) is 6.54. The van der Waals surface area contributed by atoms with E-state index >= 15 is 0 Å². The number of aryl methyl sites for hydroxylation is 1. The summed E-state index contributed by atoms with van der Waals surface area (Å²) in [5.41, 5.74) is 1.72. The number of nitrogens with zero attached hydrogens (tertiary/aromatic N) is 2. The molecule has 2 rings (SSSR count). The number of carbonyl (C=O) groups excluding carboxylic acids is 1. The normalized spacial score (nSPS) is 11.1. The van der Waals surface area contributed by atoms with Gasteiger partial charge in [-0.3, -0.25) is 4.79 Å². The van der Waals surface area contributed by atoms with Crippen LogP contribution in [-0.2, 0) is 6.42 Å². The van der Waals surface area contributed by atoms with Crippen LogP contribution < -0.4 is 5.32 Å². The maximum atomic E-state index is 12.2. The van der Waals surface area contributed by atoms with E-state index in [0.717, 1.165) is 21.6 Å². The highest BCUT2D eigenvalue weighted by molar-refractivity contribution is 9.10. The second kappa shape index (κ2) is 6.54. The summed E-state index contributed by atoms with van der Waals surface area (Å²) in [6.45, 7) is 6.70. The van der Waals surface area contributed by atoms with Crippen LogP contribution in [0, 0.1) is 6.92 Å². The first kappa shape index (κ1) is 15.3. The number of thiazole rings is 1. The van der Waals surface area contributed by atoms with Crippen molar-refractivity contribution in [2.75, 3.05) is 6.54 Å². The molecule has 0 aliphatic carbocycles. The van der Waals surface area contributed by atoms with Crippen molar-refractivity contribution >= 4 is 33.2 Å². The molecule has 20 heavy (non-hydrogen) atoms. The Kier molecular flexibility index (Phi) is 4.99. The summed E-state index contributed by atoms with van der Waals surface area (Å²) in [6, 6.07) is 2.10. The fourth-order valence-electron chi connectivity index (χ4n) is 1.97. The van der Waals surface area contributed by atoms with Crippen molar-refractivity contribution in [2.45, 2.75) is 33.2 Å². The van der Waals surface area contributed by atoms with Gasteiger partial charge in [-0.1, -0.05) is 0 Å². The summed E-state index contributed by atoms with van der Waals surface area (Å²) in [7, 11) is 0. The molecule has 0 aromatic carbocycles. The highest BCUT2D eigenvalue weighted by Crippen LogP contribution is 2.19. The first-order chi connectivity index (χ1) is 9.47. The van der Waals surface area contributed by atoms with Crippen LogP contribution in [0.25, 0.3) is 0 Å². The monoisotopic (exact) mass is 355 g/mol. The summed E-state index contributed by atoms with van der Waals surface area (Å²) in [5, 5.41) is 6.05. The number of nitrogens with one attached hydrogen (secondary N) is 1. The maximum absolute atomic E-state index is 12.2. The zero-order valence-corrected chi connectivity index (χ0v) is 14.2. The van der Waals surface area contributed by atoms with Gasteiger partial charge in [0.1, 0.15) is 5.69 Å². The number of rotatable bonds is 5. The average Bonchev–Trinajstić information content (AvgIpc) is 2.95. The fraction of sp³-hybridized carbons (Fsp3) is 0.429. The standard InChI is InChI=1S/C14H18BrN3OS/c1-9(2)18-7-11(15)6-13(18)14(19)16-5-4-12-8-20-10(3)17-12/h6-9H,4-5H2,1-3H3,(H,16,19). The smallest absolute Gasteiger partial charge is 0.267 e. The van der Waals surface area contributed by atoms with E-state index in [0.29, 0.717) is 12.2 Å². The van der Waals surface area contributed by atoms with Gasteiger partial charge in [-0.05, 0) is 42.8 Å². The zero-order chi connectivity index (χ0) is 14.7. The molecule has 2 heterocycles. The summed E-state index contributed by atoms with van der Waals surface area (Å²) in [5.74, 6) is -0.0450. The van der Waals surface area contributed by atoms with E-state index < -0.39 is 0 Å². The van der Waals surface area contributed by atoms with Gasteiger partial charge in [0.15, 0.2) is 0 Å². The molecule has 0 radical (unpaired) electrons. The van der Waals surface area contributed by atoms with Crippen LogP contribution in [0.3, 0.4) is 0 Å². The Morgan fingerprint density at radius 1 is 1.55 bits per heavy atom. The van der Waals surface area contributed by atoms with Crippen LogP contribution >= 0.6 is 27.3 Å². The van der Waals surface area contributed by atoms with Crippen LogP contribution in [-0.4, -0.2) is 22.0 Å². The number of halogens is 1. The van der Waals surface area contributed by atoms with Crippen LogP contribution in [0.5, 0.6) is 0 Å². The second-order valence-corrected chi connectivity index (χ2v) is 6.89. The number of hydrogen-bond donors (Lipinski definition) is 1. The van der Waals surface area contributed by atoms with Crippen molar-refractivity contribution in [3.8, 4) is 0 Å². The molecule has 0 atom stereocenters. The molecule has 4 nitrogen and oxygen atoms in total. The third-order valence-electron chi connectivity index (χ3n) is 2.94. The molecule has 1 N–H and O–H groups in total. The predicted molar refractivity (Wildman–Crippen MR) is 85.4 cm³/mol. The lowest BCUT2D eigenvalue weighted by molar-refractivity contribution is 0.0943. The van der Waals surface area contributed by atoms with Crippen LogP contribution in [0.2, 0.25) is 0 Å². The Bertz CT molecular complexity index is 603. The first-order valence-corrected chi connectivity index (χ1v) is 8.21. The van der Waals surface area contributed by atoms with Crippen LogP contribution in [0.15, 0.2) is 22.1 Å². The van der Waals surface area contributed by atoms with Gasteiger partial charge in [0.25, 0.3) is 5.91 Å². The van der Waals surface area contributed by atoms with E-state index in [-0.39, 0.29) is 11.9 Å². The number of aromatic nitrogens is 2. The molecule has 2 aromatic rings. The number of amides is 1. The van der Waals surface area contributed by atoms with Crippen LogP contribution in [0.4, 0.5) is 0 Å². The second-order valence-electron chi connectivity index (χ2n) is 4.91. The molecule has 0 aliphatic rings. The van der Waals surface area contributed by atoms with Gasteiger partial charge >= 0.3 is 0 Å². The molecule has 108 valence electrons. The van der Waals surface area contributed by atoms with Gasteiger partial charge in [-0.25, -0.2) is 4.98 Å². The average molecular weight is 356 g/mol. The van der Waals surface area contributed by atoms with Crippen molar-refractivity contribution in [2.24, 2.45) is 0 Å². The molecule has 6 heteroatoms. The third-order valence-corrected chi connectivity index (χ3v) is 4.19. The Hall–Kier alpha value is -1.14. The number of hydrogen-bond acceptors (Lipinski definition) is 3. The lowest BCUT2D eigenvalue weighted by Gasteiger charge is -2.12. The highest BCUT2D eigenvalue weighted by atomic mass is 79.9. The lowest BCUT2D eigenvalue weighted by Crippen LogP contribution is -2.28. The quantitative estimate of drug-likeness (QED) is 0.890. The van der Waals surface area contributed by atoms with E-state index in [4.69, 9.17) is 0 Å². The van der Waals surface area contributed by atoms with Crippen molar-refractivity contribution < 1.29 is 4.79 Å². The summed E-state index contributed by atoms with van der Waals surface area (Å²) >= 11 is 5.05. The van der Waals surface area contributed by atoms with Crippen LogP contribution in [0.1, 0.15) is 41.1 Å². The molecule has 0 bridgehead atoms. The van der Waals surface area contributed by atoms with Gasteiger partial charge in [0.05, 0.1) is 10.7 Å². The topological polar surface area (TPSA) is 46.9 Å². The summed E-state index contributed by atoms with van der Waals surface area (Å²) < 4.78 is 2.89. The molecule has 0 fully saturated rings. The van der Waals surface area contributed by atoms with Crippen molar-refractivity contribution in [3.63, 3.8) is 0 Å². The lowest BCUT2D eigenvalue weighted by atomic mass is 10.3. The van der Waals surface area contributed by atoms with Crippen molar-refractivity contribution in [3.05, 3.63) is 38.5 Å². The van der Waals surface area contributed by atoms with Crippen molar-refractivity contribution in [1.29, 1.82) is 0 Å². The van der Waals surface area contributed by atoms with Gasteiger partial charge in [-0.2, -0.15) is 0 Å². The van der Waals surface area contributed by atoms with E-state index in [1.54, 1.807) is 11.3 Å². The van der Waals surface area contributed by atoms with Gasteiger partial charge in [-0.15, -0.1) is 11.3 Å². The molecular formula is C14H18BrN3OS. The van der Waals surface area contributed by atoms with Gasteiger partial charge in [0, 0.05) is 35.1 Å². The fourth-order valence-corrected chi connectivity index (χ4v) is 3.06. The number of carbonyl (C=O) groups is 1. The highest BCUT2D eigenvalue weighted by Gasteiger charge is 2.14. The largest absolute Gasteiger partial charge is 0.350 e. The Morgan fingerprint density at radius 2 is 2.30 bits per heavy atom. The molecule has 0 saturated heterocycles. The van der Waals surface area contributed by atoms with E-state index in [2.05, 4.69) is 40.1 Å². The minimum Gasteiger partial charge on any atom is -0.350 e.